The average Bonchev–Trinajstić information content (AvgIpc) is 2.53. The minimum Gasteiger partial charge on any atom is -0.492 e. The van der Waals surface area contributed by atoms with Crippen molar-refractivity contribution < 1.29 is 4.74 Å². The van der Waals surface area contributed by atoms with E-state index in [1.54, 1.807) is 12.1 Å². The summed E-state index contributed by atoms with van der Waals surface area (Å²) >= 11 is 0. The third kappa shape index (κ3) is 3.76. The summed E-state index contributed by atoms with van der Waals surface area (Å²) in [7, 11) is 0. The monoisotopic (exact) mass is 266 g/mol. The van der Waals surface area contributed by atoms with Crippen LogP contribution >= 0.6 is 0 Å². The van der Waals surface area contributed by atoms with Gasteiger partial charge in [0.05, 0.1) is 18.2 Å². The number of para-hydroxylation sites is 1. The standard InChI is InChI=1S/C17H18N2O/c1-2-19(16-6-4-3-5-7-16)12-13-20-17-10-8-15(14-18)9-11-17/h3-11H,2,12-13H2,1H3. The molecule has 0 aliphatic rings. The number of rotatable bonds is 6. The summed E-state index contributed by atoms with van der Waals surface area (Å²) in [6.07, 6.45) is 0. The number of nitriles is 1. The molecule has 0 N–H and O–H groups in total. The second-order valence-corrected chi connectivity index (χ2v) is 4.40. The van der Waals surface area contributed by atoms with Gasteiger partial charge in [-0.3, -0.25) is 0 Å². The normalized spacial score (nSPS) is 9.80. The van der Waals surface area contributed by atoms with Gasteiger partial charge in [0, 0.05) is 12.2 Å². The highest BCUT2D eigenvalue weighted by Gasteiger charge is 2.03. The largest absolute Gasteiger partial charge is 0.492 e. The predicted molar refractivity (Wildman–Crippen MR) is 81.0 cm³/mol. The van der Waals surface area contributed by atoms with Gasteiger partial charge in [0.2, 0.25) is 0 Å². The average molecular weight is 266 g/mol. The van der Waals surface area contributed by atoms with E-state index >= 15 is 0 Å². The van der Waals surface area contributed by atoms with Crippen molar-refractivity contribution in [1.82, 2.24) is 0 Å². The Balaban J connectivity index is 1.86. The van der Waals surface area contributed by atoms with E-state index in [9.17, 15) is 0 Å². The minimum absolute atomic E-state index is 0.620. The Morgan fingerprint density at radius 1 is 1.05 bits per heavy atom. The van der Waals surface area contributed by atoms with Crippen LogP contribution in [0.25, 0.3) is 0 Å². The number of hydrogen-bond donors (Lipinski definition) is 0. The maximum Gasteiger partial charge on any atom is 0.119 e. The van der Waals surface area contributed by atoms with Crippen LogP contribution in [0.1, 0.15) is 12.5 Å². The van der Waals surface area contributed by atoms with Crippen molar-refractivity contribution in [3.63, 3.8) is 0 Å². The van der Waals surface area contributed by atoms with E-state index in [0.29, 0.717) is 12.2 Å². The summed E-state index contributed by atoms with van der Waals surface area (Å²) < 4.78 is 5.71. The maximum absolute atomic E-state index is 8.74. The Morgan fingerprint density at radius 2 is 1.75 bits per heavy atom. The van der Waals surface area contributed by atoms with Crippen molar-refractivity contribution in [2.45, 2.75) is 6.92 Å². The molecule has 0 amide bonds. The quantitative estimate of drug-likeness (QED) is 0.803. The van der Waals surface area contributed by atoms with Gasteiger partial charge in [-0.2, -0.15) is 5.26 Å². The summed E-state index contributed by atoms with van der Waals surface area (Å²) in [5.74, 6) is 0.799. The van der Waals surface area contributed by atoms with Gasteiger partial charge in [-0.15, -0.1) is 0 Å². The van der Waals surface area contributed by atoms with Gasteiger partial charge < -0.3 is 9.64 Å². The molecule has 0 heterocycles. The molecule has 0 atom stereocenters. The molecule has 0 unspecified atom stereocenters. The lowest BCUT2D eigenvalue weighted by atomic mass is 10.2. The predicted octanol–water partition coefficient (Wildman–Crippen LogP) is 3.46. The molecular formula is C17H18N2O. The Labute approximate surface area is 120 Å². The molecule has 0 saturated carbocycles. The topological polar surface area (TPSA) is 36.3 Å². The summed E-state index contributed by atoms with van der Waals surface area (Å²) in [5.41, 5.74) is 1.86. The molecule has 0 radical (unpaired) electrons. The number of benzene rings is 2. The number of anilines is 1. The van der Waals surface area contributed by atoms with Crippen LogP contribution in [0.15, 0.2) is 54.6 Å². The van der Waals surface area contributed by atoms with Crippen LogP contribution < -0.4 is 9.64 Å². The molecule has 102 valence electrons. The van der Waals surface area contributed by atoms with Crippen molar-refractivity contribution in [1.29, 1.82) is 5.26 Å². The van der Waals surface area contributed by atoms with E-state index in [1.165, 1.54) is 5.69 Å². The van der Waals surface area contributed by atoms with Gasteiger partial charge in [-0.1, -0.05) is 18.2 Å². The van der Waals surface area contributed by atoms with Crippen LogP contribution in [-0.2, 0) is 0 Å². The first kappa shape index (κ1) is 14.0. The summed E-state index contributed by atoms with van der Waals surface area (Å²) in [6, 6.07) is 19.6. The number of likely N-dealkylation sites (N-methyl/N-ethyl adjacent to an activating group) is 1. The molecular weight excluding hydrogens is 248 g/mol. The van der Waals surface area contributed by atoms with E-state index in [-0.39, 0.29) is 0 Å². The summed E-state index contributed by atoms with van der Waals surface area (Å²) in [5, 5.41) is 8.74. The summed E-state index contributed by atoms with van der Waals surface area (Å²) in [4.78, 5) is 2.27. The Morgan fingerprint density at radius 3 is 2.35 bits per heavy atom. The van der Waals surface area contributed by atoms with Crippen molar-refractivity contribution >= 4 is 5.69 Å². The number of nitrogens with zero attached hydrogens (tertiary/aromatic N) is 2. The molecule has 2 aromatic carbocycles. The van der Waals surface area contributed by atoms with Crippen molar-refractivity contribution in [2.24, 2.45) is 0 Å². The van der Waals surface area contributed by atoms with Crippen molar-refractivity contribution in [3.8, 4) is 11.8 Å². The van der Waals surface area contributed by atoms with Crippen LogP contribution in [0.4, 0.5) is 5.69 Å². The third-order valence-electron chi connectivity index (χ3n) is 3.12. The Hall–Kier alpha value is -2.47. The molecule has 0 fully saturated rings. The summed E-state index contributed by atoms with van der Waals surface area (Å²) in [6.45, 7) is 4.53. The fourth-order valence-electron chi connectivity index (χ4n) is 2.01. The number of ether oxygens (including phenoxy) is 1. The molecule has 3 nitrogen and oxygen atoms in total. The zero-order valence-electron chi connectivity index (χ0n) is 11.6. The molecule has 2 rings (SSSR count). The first-order valence-electron chi connectivity index (χ1n) is 6.76. The Kier molecular flexibility index (Phi) is 5.02. The molecule has 20 heavy (non-hydrogen) atoms. The fourth-order valence-corrected chi connectivity index (χ4v) is 2.01. The van der Waals surface area contributed by atoms with Crippen LogP contribution in [0.2, 0.25) is 0 Å². The minimum atomic E-state index is 0.620. The van der Waals surface area contributed by atoms with Gasteiger partial charge in [0.1, 0.15) is 12.4 Å². The van der Waals surface area contributed by atoms with Crippen LogP contribution in [0, 0.1) is 11.3 Å². The van der Waals surface area contributed by atoms with Crippen LogP contribution in [0.5, 0.6) is 5.75 Å². The van der Waals surface area contributed by atoms with Crippen LogP contribution in [-0.4, -0.2) is 19.7 Å². The van der Waals surface area contributed by atoms with Gasteiger partial charge in [0.15, 0.2) is 0 Å². The second-order valence-electron chi connectivity index (χ2n) is 4.40. The maximum atomic E-state index is 8.74. The van der Waals surface area contributed by atoms with Crippen LogP contribution in [0.3, 0.4) is 0 Å². The van der Waals surface area contributed by atoms with E-state index in [2.05, 4.69) is 30.0 Å². The van der Waals surface area contributed by atoms with E-state index in [0.717, 1.165) is 18.8 Å². The molecule has 0 aliphatic carbocycles. The lowest BCUT2D eigenvalue weighted by Gasteiger charge is -2.23. The molecule has 0 bridgehead atoms. The van der Waals surface area contributed by atoms with Gasteiger partial charge in [-0.05, 0) is 43.3 Å². The first-order chi connectivity index (χ1) is 9.83. The van der Waals surface area contributed by atoms with Gasteiger partial charge in [-0.25, -0.2) is 0 Å². The Bertz CT molecular complexity index is 558. The smallest absolute Gasteiger partial charge is 0.119 e. The van der Waals surface area contributed by atoms with Gasteiger partial charge in [0.25, 0.3) is 0 Å². The SMILES string of the molecule is CCN(CCOc1ccc(C#N)cc1)c1ccccc1. The van der Waals surface area contributed by atoms with Crippen molar-refractivity contribution in [2.75, 3.05) is 24.6 Å². The number of hydrogen-bond acceptors (Lipinski definition) is 3. The second kappa shape index (κ2) is 7.20. The third-order valence-corrected chi connectivity index (χ3v) is 3.12. The zero-order chi connectivity index (χ0) is 14.2. The first-order valence-corrected chi connectivity index (χ1v) is 6.76. The van der Waals surface area contributed by atoms with E-state index in [1.807, 2.05) is 30.3 Å². The lowest BCUT2D eigenvalue weighted by Crippen LogP contribution is -2.27. The lowest BCUT2D eigenvalue weighted by molar-refractivity contribution is 0.324. The highest BCUT2D eigenvalue weighted by molar-refractivity contribution is 5.45. The molecule has 0 spiro atoms. The highest BCUT2D eigenvalue weighted by Crippen LogP contribution is 2.14. The van der Waals surface area contributed by atoms with Crippen molar-refractivity contribution in [3.05, 3.63) is 60.2 Å². The zero-order valence-corrected chi connectivity index (χ0v) is 11.6. The molecule has 0 saturated heterocycles. The fraction of sp³-hybridized carbons (Fsp3) is 0.235. The van der Waals surface area contributed by atoms with Gasteiger partial charge >= 0.3 is 0 Å². The molecule has 3 heteroatoms. The van der Waals surface area contributed by atoms with E-state index < -0.39 is 0 Å². The highest BCUT2D eigenvalue weighted by atomic mass is 16.5. The molecule has 0 aliphatic heterocycles. The van der Waals surface area contributed by atoms with E-state index in [4.69, 9.17) is 10.00 Å². The molecule has 2 aromatic rings. The molecule has 0 aromatic heterocycles.